The zero-order chi connectivity index (χ0) is 17.1. The minimum absolute atomic E-state index is 0.00519. The second-order valence-corrected chi connectivity index (χ2v) is 5.28. The molecule has 2 atom stereocenters. The van der Waals surface area contributed by atoms with E-state index in [4.69, 9.17) is 18.7 Å². The van der Waals surface area contributed by atoms with Gasteiger partial charge in [0.2, 0.25) is 0 Å². The highest BCUT2D eigenvalue weighted by atomic mass is 16.6. The molecule has 1 saturated heterocycles. The summed E-state index contributed by atoms with van der Waals surface area (Å²) in [6.45, 7) is 4.54. The van der Waals surface area contributed by atoms with Crippen LogP contribution in [0.15, 0.2) is 0 Å². The highest BCUT2D eigenvalue weighted by molar-refractivity contribution is 5.75. The fourth-order valence-corrected chi connectivity index (χ4v) is 1.64. The van der Waals surface area contributed by atoms with Gasteiger partial charge >= 0.3 is 12.1 Å². The summed E-state index contributed by atoms with van der Waals surface area (Å²) in [4.78, 5) is 24.3. The Morgan fingerprint density at radius 2 is 2.16 bits per heavy atom. The van der Waals surface area contributed by atoms with E-state index in [9.17, 15) is 9.59 Å². The zero-order valence-electron chi connectivity index (χ0n) is 14.2. The number of aliphatic carboxylic acids is 1. The molecule has 0 aliphatic carbocycles. The second kappa shape index (κ2) is 6.21. The van der Waals surface area contributed by atoms with E-state index in [1.165, 1.54) is 4.90 Å². The summed E-state index contributed by atoms with van der Waals surface area (Å²) in [7, 11) is -2.61. The summed E-state index contributed by atoms with van der Waals surface area (Å²) in [6, 6.07) is 0. The van der Waals surface area contributed by atoms with Crippen LogP contribution in [-0.2, 0) is 19.0 Å². The lowest BCUT2D eigenvalue weighted by Gasteiger charge is -2.36. The molecule has 0 saturated carbocycles. The van der Waals surface area contributed by atoms with Crippen LogP contribution in [0.5, 0.6) is 0 Å². The summed E-state index contributed by atoms with van der Waals surface area (Å²) in [5.74, 6) is -1.24. The summed E-state index contributed by atoms with van der Waals surface area (Å²) in [5.41, 5.74) is -0.723. The van der Waals surface area contributed by atoms with E-state index >= 15 is 0 Å². The van der Waals surface area contributed by atoms with Gasteiger partial charge in [-0.2, -0.15) is 0 Å². The number of rotatable bonds is 3. The van der Waals surface area contributed by atoms with Gasteiger partial charge in [0.25, 0.3) is 0 Å². The number of nitrogens with zero attached hydrogens (tertiary/aromatic N) is 1. The van der Waals surface area contributed by atoms with Gasteiger partial charge in [-0.1, -0.05) is 0 Å². The van der Waals surface area contributed by atoms with Crippen molar-refractivity contribution in [2.24, 2.45) is 0 Å². The van der Waals surface area contributed by atoms with E-state index < -0.39 is 36.9 Å². The Bertz CT molecular complexity index is 420. The molecule has 0 unspecified atom stereocenters. The van der Waals surface area contributed by atoms with Gasteiger partial charge in [-0.25, -0.2) is 9.59 Å². The molecule has 1 rings (SSSR count). The summed E-state index contributed by atoms with van der Waals surface area (Å²) < 4.78 is 36.0. The number of hydrogen-bond donors (Lipinski definition) is 1. The van der Waals surface area contributed by atoms with E-state index in [0.29, 0.717) is 0 Å². The summed E-state index contributed by atoms with van der Waals surface area (Å²) >= 11 is 0. The maximum absolute atomic E-state index is 12.0. The molecule has 0 bridgehead atoms. The molecule has 7 heteroatoms. The van der Waals surface area contributed by atoms with Gasteiger partial charge in [-0.15, -0.1) is 0 Å². The lowest BCUT2D eigenvalue weighted by molar-refractivity contribution is -0.166. The molecule has 7 nitrogen and oxygen atoms in total. The van der Waals surface area contributed by atoms with Crippen molar-refractivity contribution in [1.82, 2.24) is 4.90 Å². The van der Waals surface area contributed by atoms with Gasteiger partial charge in [0.05, 0.1) is 29.9 Å². The Morgan fingerprint density at radius 3 is 2.68 bits per heavy atom. The molecule has 19 heavy (non-hydrogen) atoms. The quantitative estimate of drug-likeness (QED) is 0.819. The first-order valence-corrected chi connectivity index (χ1v) is 5.87. The molecule has 1 N–H and O–H groups in total. The minimum Gasteiger partial charge on any atom is -0.479 e. The van der Waals surface area contributed by atoms with Gasteiger partial charge in [0.15, 0.2) is 6.10 Å². The minimum atomic E-state index is -2.61. The molecule has 0 spiro atoms. The van der Waals surface area contributed by atoms with Crippen LogP contribution in [-0.4, -0.2) is 66.6 Å². The SMILES string of the molecule is [2H]C([2H])([2H])OC[C@@H]1CN(C(=O)OC(C)(C)C)C[C@H](C(=O)O)O1. The number of hydrogen-bond acceptors (Lipinski definition) is 5. The van der Waals surface area contributed by atoms with Crippen LogP contribution in [0.1, 0.15) is 24.9 Å². The van der Waals surface area contributed by atoms with Crippen LogP contribution in [0.2, 0.25) is 0 Å². The van der Waals surface area contributed by atoms with E-state index in [2.05, 4.69) is 4.74 Å². The second-order valence-electron chi connectivity index (χ2n) is 5.28. The first-order chi connectivity index (χ1) is 9.87. The number of morpholine rings is 1. The van der Waals surface area contributed by atoms with Crippen molar-refractivity contribution in [2.45, 2.75) is 38.6 Å². The molecule has 0 aromatic rings. The Morgan fingerprint density at radius 1 is 1.47 bits per heavy atom. The lowest BCUT2D eigenvalue weighted by Crippen LogP contribution is -2.54. The average Bonchev–Trinajstić information content (AvgIpc) is 2.33. The van der Waals surface area contributed by atoms with E-state index in [1.54, 1.807) is 20.8 Å². The van der Waals surface area contributed by atoms with Gasteiger partial charge < -0.3 is 24.2 Å². The topological polar surface area (TPSA) is 85.3 Å². The number of carboxylic acids is 1. The lowest BCUT2D eigenvalue weighted by atomic mass is 10.2. The molecule has 0 aromatic heterocycles. The Hall–Kier alpha value is -1.34. The van der Waals surface area contributed by atoms with E-state index in [0.717, 1.165) is 0 Å². The van der Waals surface area contributed by atoms with Gasteiger partial charge in [-0.3, -0.25) is 0 Å². The maximum Gasteiger partial charge on any atom is 0.410 e. The largest absolute Gasteiger partial charge is 0.479 e. The van der Waals surface area contributed by atoms with Crippen LogP contribution in [0.25, 0.3) is 0 Å². The third kappa shape index (κ3) is 5.04. The van der Waals surface area contributed by atoms with Crippen LogP contribution in [0.4, 0.5) is 4.79 Å². The van der Waals surface area contributed by atoms with Gasteiger partial charge in [0.1, 0.15) is 5.60 Å². The molecule has 1 fully saturated rings. The Balaban J connectivity index is 2.72. The van der Waals surface area contributed by atoms with E-state index in [1.807, 2.05) is 0 Å². The molecule has 1 heterocycles. The summed E-state index contributed by atoms with van der Waals surface area (Å²) in [5, 5.41) is 9.06. The number of ether oxygens (including phenoxy) is 3. The van der Waals surface area contributed by atoms with Crippen molar-refractivity contribution >= 4 is 12.1 Å². The third-order valence-corrected chi connectivity index (χ3v) is 2.36. The molecule has 1 aliphatic heterocycles. The van der Waals surface area contributed by atoms with Crippen molar-refractivity contribution in [1.29, 1.82) is 0 Å². The monoisotopic (exact) mass is 278 g/mol. The molecule has 0 aromatic carbocycles. The molecular formula is C12H21NO6. The molecule has 1 aliphatic rings. The zero-order valence-corrected chi connectivity index (χ0v) is 11.2. The molecule has 110 valence electrons. The van der Waals surface area contributed by atoms with Gasteiger partial charge in [0, 0.05) is 7.04 Å². The fraction of sp³-hybridized carbons (Fsp3) is 0.833. The molecule has 1 amide bonds. The first-order valence-electron chi connectivity index (χ1n) is 7.37. The Labute approximate surface area is 116 Å². The molecule has 0 radical (unpaired) electrons. The van der Waals surface area contributed by atoms with Crippen molar-refractivity contribution in [2.75, 3.05) is 26.7 Å². The smallest absolute Gasteiger partial charge is 0.410 e. The van der Waals surface area contributed by atoms with Crippen molar-refractivity contribution in [3.05, 3.63) is 0 Å². The van der Waals surface area contributed by atoms with Gasteiger partial charge in [-0.05, 0) is 20.8 Å². The summed E-state index contributed by atoms with van der Waals surface area (Å²) in [6.07, 6.45) is -2.80. The first kappa shape index (κ1) is 11.5. The predicted molar refractivity (Wildman–Crippen MR) is 66.0 cm³/mol. The van der Waals surface area contributed by atoms with Crippen molar-refractivity contribution < 1.29 is 33.0 Å². The van der Waals surface area contributed by atoms with Crippen molar-refractivity contribution in [3.8, 4) is 0 Å². The van der Waals surface area contributed by atoms with Crippen LogP contribution < -0.4 is 0 Å². The normalized spacial score (nSPS) is 27.1. The third-order valence-electron chi connectivity index (χ3n) is 2.36. The fourth-order valence-electron chi connectivity index (χ4n) is 1.64. The highest BCUT2D eigenvalue weighted by Gasteiger charge is 2.36. The average molecular weight is 278 g/mol. The van der Waals surface area contributed by atoms with Crippen LogP contribution in [0, 0.1) is 0 Å². The maximum atomic E-state index is 12.0. The number of carbonyl (C=O) groups is 2. The number of carbonyl (C=O) groups excluding carboxylic acids is 1. The predicted octanol–water partition coefficient (Wildman–Crippen LogP) is 0.722. The highest BCUT2D eigenvalue weighted by Crippen LogP contribution is 2.16. The van der Waals surface area contributed by atoms with E-state index in [-0.39, 0.29) is 19.7 Å². The number of carboxylic acid groups (broad SMARTS) is 1. The standard InChI is InChI=1S/C12H21NO6/c1-12(2,3)19-11(16)13-5-8(7-17-4)18-9(6-13)10(14)15/h8-9H,5-7H2,1-4H3,(H,14,15)/t8-,9+/m0/s1/i4D3. The molecular weight excluding hydrogens is 254 g/mol. The number of methoxy groups -OCH3 is 1. The van der Waals surface area contributed by atoms with Crippen molar-refractivity contribution in [3.63, 3.8) is 0 Å². The Kier molecular flexibility index (Phi) is 3.75. The van der Waals surface area contributed by atoms with Crippen LogP contribution >= 0.6 is 0 Å². The van der Waals surface area contributed by atoms with Crippen LogP contribution in [0.3, 0.4) is 0 Å². The number of amides is 1.